The summed E-state index contributed by atoms with van der Waals surface area (Å²) >= 11 is 6.04. The van der Waals surface area contributed by atoms with Gasteiger partial charge in [0, 0.05) is 42.3 Å². The fourth-order valence-corrected chi connectivity index (χ4v) is 2.86. The highest BCUT2D eigenvalue weighted by molar-refractivity contribution is 6.30. The van der Waals surface area contributed by atoms with Crippen molar-refractivity contribution in [3.8, 4) is 0 Å². The molecule has 3 N–H and O–H groups in total. The molecule has 2 rings (SSSR count). The number of nitrogens with one attached hydrogen (secondary N) is 1. The van der Waals surface area contributed by atoms with Gasteiger partial charge in [-0.25, -0.2) is 9.59 Å². The minimum Gasteiger partial charge on any atom is -0.478 e. The average Bonchev–Trinajstić information content (AvgIpc) is 3.05. The third kappa shape index (κ3) is 8.67. The van der Waals surface area contributed by atoms with Crippen LogP contribution in [0.4, 0.5) is 0 Å². The van der Waals surface area contributed by atoms with E-state index in [0.717, 1.165) is 24.7 Å². The number of carbonyl (C=O) groups is 2. The molecule has 0 bridgehead atoms. The van der Waals surface area contributed by atoms with Gasteiger partial charge >= 0.3 is 11.9 Å². The first-order valence-electron chi connectivity index (χ1n) is 8.14. The zero-order valence-electron chi connectivity index (χ0n) is 14.5. The second-order valence-corrected chi connectivity index (χ2v) is 6.49. The number of aliphatic carboxylic acids is 2. The van der Waals surface area contributed by atoms with Crippen LogP contribution >= 0.6 is 11.6 Å². The summed E-state index contributed by atoms with van der Waals surface area (Å²) in [7, 11) is 0. The first-order valence-corrected chi connectivity index (χ1v) is 8.52. The summed E-state index contributed by atoms with van der Waals surface area (Å²) in [6.07, 6.45) is 2.36. The van der Waals surface area contributed by atoms with Gasteiger partial charge in [0.25, 0.3) is 0 Å². The number of carboxylic acids is 2. The molecule has 1 saturated heterocycles. The molecule has 1 heterocycles. The molecule has 0 unspecified atom stereocenters. The number of hydrogen-bond donors (Lipinski definition) is 3. The van der Waals surface area contributed by atoms with E-state index in [9.17, 15) is 9.59 Å². The maximum absolute atomic E-state index is 9.55. The fourth-order valence-electron chi connectivity index (χ4n) is 2.64. The number of hydrogen-bond acceptors (Lipinski definition) is 4. The Balaban J connectivity index is 0.000000333. The number of carboxylic acid groups (broad SMARTS) is 2. The highest BCUT2D eigenvalue weighted by Gasteiger charge is 2.24. The Labute approximate surface area is 153 Å². The zero-order chi connectivity index (χ0) is 18.8. The van der Waals surface area contributed by atoms with Gasteiger partial charge in [0.15, 0.2) is 0 Å². The molecule has 0 spiro atoms. The maximum Gasteiger partial charge on any atom is 0.328 e. The molecule has 1 fully saturated rings. The lowest BCUT2D eigenvalue weighted by molar-refractivity contribution is -0.134. The molecule has 7 heteroatoms. The van der Waals surface area contributed by atoms with Gasteiger partial charge in [-0.2, -0.15) is 0 Å². The van der Waals surface area contributed by atoms with Crippen LogP contribution in [-0.2, 0) is 16.1 Å². The molecule has 0 radical (unpaired) electrons. The smallest absolute Gasteiger partial charge is 0.328 e. The van der Waals surface area contributed by atoms with Crippen LogP contribution < -0.4 is 5.32 Å². The van der Waals surface area contributed by atoms with E-state index < -0.39 is 11.9 Å². The van der Waals surface area contributed by atoms with E-state index in [1.54, 1.807) is 0 Å². The van der Waals surface area contributed by atoms with Gasteiger partial charge in [-0.15, -0.1) is 0 Å². The standard InChI is InChI=1S/C14H21ClN2.C4H4O4/c1-11(2)17(14-6-7-16-9-14)10-12-4-3-5-13(15)8-12;5-3(6)1-2-4(7)8/h3-5,8,11,14,16H,6-7,9-10H2,1-2H3;1-2H,(H,5,6)(H,7,8)/b;2-1+/t14-;/m0./s1. The molecule has 1 aliphatic heterocycles. The van der Waals surface area contributed by atoms with Gasteiger partial charge in [0.05, 0.1) is 0 Å². The van der Waals surface area contributed by atoms with Crippen molar-refractivity contribution < 1.29 is 19.8 Å². The van der Waals surface area contributed by atoms with Gasteiger partial charge in [-0.3, -0.25) is 4.90 Å². The molecule has 1 aromatic rings. The van der Waals surface area contributed by atoms with Crippen LogP contribution in [0.15, 0.2) is 36.4 Å². The molecule has 25 heavy (non-hydrogen) atoms. The number of rotatable bonds is 6. The maximum atomic E-state index is 9.55. The number of halogens is 1. The first kappa shape index (κ1) is 21.2. The predicted molar refractivity (Wildman–Crippen MR) is 97.8 cm³/mol. The van der Waals surface area contributed by atoms with Crippen LogP contribution in [0.2, 0.25) is 5.02 Å². The first-order chi connectivity index (χ1) is 11.8. The zero-order valence-corrected chi connectivity index (χ0v) is 15.2. The molecular formula is C18H25ClN2O4. The Morgan fingerprint density at radius 1 is 1.32 bits per heavy atom. The Kier molecular flexibility index (Phi) is 9.20. The van der Waals surface area contributed by atoms with E-state index in [1.165, 1.54) is 12.0 Å². The molecule has 0 amide bonds. The van der Waals surface area contributed by atoms with Gasteiger partial charge in [-0.1, -0.05) is 23.7 Å². The van der Waals surface area contributed by atoms with E-state index in [-0.39, 0.29) is 0 Å². The van der Waals surface area contributed by atoms with Crippen LogP contribution in [0.5, 0.6) is 0 Å². The largest absolute Gasteiger partial charge is 0.478 e. The van der Waals surface area contributed by atoms with Crippen LogP contribution in [0.1, 0.15) is 25.8 Å². The quantitative estimate of drug-likeness (QED) is 0.669. The number of nitrogens with zero attached hydrogens (tertiary/aromatic N) is 1. The third-order valence-electron chi connectivity index (χ3n) is 3.79. The van der Waals surface area contributed by atoms with Gasteiger partial charge < -0.3 is 15.5 Å². The van der Waals surface area contributed by atoms with Crippen LogP contribution in [0, 0.1) is 0 Å². The molecule has 138 valence electrons. The average molecular weight is 369 g/mol. The molecule has 0 aromatic heterocycles. The van der Waals surface area contributed by atoms with E-state index in [0.29, 0.717) is 24.2 Å². The Morgan fingerprint density at radius 3 is 2.40 bits per heavy atom. The summed E-state index contributed by atoms with van der Waals surface area (Å²) < 4.78 is 0. The lowest BCUT2D eigenvalue weighted by atomic mass is 10.1. The minimum absolute atomic E-state index is 0.558. The monoisotopic (exact) mass is 368 g/mol. The Bertz CT molecular complexity index is 582. The summed E-state index contributed by atoms with van der Waals surface area (Å²) in [5, 5.41) is 19.9. The highest BCUT2D eigenvalue weighted by Crippen LogP contribution is 2.18. The molecule has 1 atom stereocenters. The summed E-state index contributed by atoms with van der Waals surface area (Å²) in [6.45, 7) is 7.78. The predicted octanol–water partition coefficient (Wildman–Crippen LogP) is 2.62. The second kappa shape index (κ2) is 10.9. The van der Waals surface area contributed by atoms with Crippen LogP contribution in [0.3, 0.4) is 0 Å². The van der Waals surface area contributed by atoms with Crippen molar-refractivity contribution in [1.82, 2.24) is 10.2 Å². The highest BCUT2D eigenvalue weighted by atomic mass is 35.5. The van der Waals surface area contributed by atoms with Crippen molar-refractivity contribution in [3.63, 3.8) is 0 Å². The van der Waals surface area contributed by atoms with Crippen LogP contribution in [-0.4, -0.2) is 52.2 Å². The second-order valence-electron chi connectivity index (χ2n) is 6.05. The molecule has 1 aromatic carbocycles. The van der Waals surface area contributed by atoms with Gasteiger partial charge in [-0.05, 0) is 44.5 Å². The summed E-state index contributed by atoms with van der Waals surface area (Å²) in [4.78, 5) is 21.7. The third-order valence-corrected chi connectivity index (χ3v) is 4.02. The Morgan fingerprint density at radius 2 is 1.96 bits per heavy atom. The fraction of sp³-hybridized carbons (Fsp3) is 0.444. The van der Waals surface area contributed by atoms with E-state index >= 15 is 0 Å². The van der Waals surface area contributed by atoms with E-state index in [1.807, 2.05) is 12.1 Å². The Hall–Kier alpha value is -1.89. The molecular weight excluding hydrogens is 344 g/mol. The van der Waals surface area contributed by atoms with Gasteiger partial charge in [0.2, 0.25) is 0 Å². The summed E-state index contributed by atoms with van der Waals surface area (Å²) in [5.74, 6) is -2.51. The van der Waals surface area contributed by atoms with Crippen molar-refractivity contribution in [2.45, 2.75) is 38.9 Å². The topological polar surface area (TPSA) is 89.9 Å². The lowest BCUT2D eigenvalue weighted by Gasteiger charge is -2.32. The SMILES string of the molecule is CC(C)N(Cc1cccc(Cl)c1)[C@H]1CCNC1.O=C(O)/C=C/C(=O)O. The minimum atomic E-state index is -1.26. The molecule has 6 nitrogen and oxygen atoms in total. The van der Waals surface area contributed by atoms with Crippen LogP contribution in [0.25, 0.3) is 0 Å². The normalized spacial score (nSPS) is 16.9. The summed E-state index contributed by atoms with van der Waals surface area (Å²) in [6, 6.07) is 9.42. The molecule has 0 saturated carbocycles. The molecule has 1 aliphatic rings. The van der Waals surface area contributed by atoms with Crippen molar-refractivity contribution in [2.75, 3.05) is 13.1 Å². The molecule has 0 aliphatic carbocycles. The van der Waals surface area contributed by atoms with E-state index in [4.69, 9.17) is 21.8 Å². The summed E-state index contributed by atoms with van der Waals surface area (Å²) in [5.41, 5.74) is 1.30. The van der Waals surface area contributed by atoms with Crippen molar-refractivity contribution in [1.29, 1.82) is 0 Å². The lowest BCUT2D eigenvalue weighted by Crippen LogP contribution is -2.41. The van der Waals surface area contributed by atoms with Gasteiger partial charge in [0.1, 0.15) is 0 Å². The van der Waals surface area contributed by atoms with Crippen molar-refractivity contribution in [2.24, 2.45) is 0 Å². The van der Waals surface area contributed by atoms with Crippen molar-refractivity contribution >= 4 is 23.5 Å². The van der Waals surface area contributed by atoms with Crippen molar-refractivity contribution in [3.05, 3.63) is 47.0 Å². The number of benzene rings is 1. The van der Waals surface area contributed by atoms with E-state index in [2.05, 4.69) is 36.2 Å².